The van der Waals surface area contributed by atoms with Crippen molar-refractivity contribution in [2.75, 3.05) is 18.0 Å². The summed E-state index contributed by atoms with van der Waals surface area (Å²) in [6, 6.07) is 11.5. The van der Waals surface area contributed by atoms with Crippen LogP contribution in [0.3, 0.4) is 0 Å². The summed E-state index contributed by atoms with van der Waals surface area (Å²) < 4.78 is 0. The zero-order chi connectivity index (χ0) is 20.6. The van der Waals surface area contributed by atoms with Gasteiger partial charge in [0, 0.05) is 43.4 Å². The average molecular weight is 399 g/mol. The summed E-state index contributed by atoms with van der Waals surface area (Å²) in [5.74, 6) is 0.0910. The fraction of sp³-hybridized carbons (Fsp3) is 0.476. The minimum absolute atomic E-state index is 0.0270. The summed E-state index contributed by atoms with van der Waals surface area (Å²) in [5, 5.41) is 22.3. The number of benzene rings is 1. The molecule has 2 heterocycles. The lowest BCUT2D eigenvalue weighted by Crippen LogP contribution is -2.50. The smallest absolute Gasteiger partial charge is 0.315 e. The first-order valence-corrected chi connectivity index (χ1v) is 10.1. The number of hydrogen-bond acceptors (Lipinski definition) is 4. The highest BCUT2D eigenvalue weighted by atomic mass is 16.4. The number of aliphatic carboxylic acids is 1. The van der Waals surface area contributed by atoms with Crippen LogP contribution in [0.2, 0.25) is 0 Å². The molecule has 0 radical (unpaired) electrons. The summed E-state index contributed by atoms with van der Waals surface area (Å²) in [6.07, 6.45) is 2.72. The van der Waals surface area contributed by atoms with E-state index in [2.05, 4.69) is 25.7 Å². The van der Waals surface area contributed by atoms with Crippen LogP contribution < -0.4 is 15.5 Å². The quantitative estimate of drug-likeness (QED) is 0.545. The van der Waals surface area contributed by atoms with Crippen molar-refractivity contribution in [3.8, 4) is 0 Å². The Morgan fingerprint density at radius 1 is 1.28 bits per heavy atom. The topological polar surface area (TPSA) is 110 Å². The Morgan fingerprint density at radius 3 is 2.62 bits per heavy atom. The van der Waals surface area contributed by atoms with Crippen LogP contribution in [-0.2, 0) is 11.2 Å². The van der Waals surface area contributed by atoms with E-state index >= 15 is 0 Å². The van der Waals surface area contributed by atoms with Gasteiger partial charge in [-0.2, -0.15) is 5.10 Å². The molecule has 29 heavy (non-hydrogen) atoms. The summed E-state index contributed by atoms with van der Waals surface area (Å²) in [6.45, 7) is 3.65. The molecule has 0 aliphatic carbocycles. The number of H-pyrrole nitrogens is 1. The largest absolute Gasteiger partial charge is 0.481 e. The Bertz CT molecular complexity index is 800. The normalized spacial score (nSPS) is 15.7. The third kappa shape index (κ3) is 6.51. The lowest BCUT2D eigenvalue weighted by atomic mass is 10.0. The zero-order valence-electron chi connectivity index (χ0n) is 16.7. The summed E-state index contributed by atoms with van der Waals surface area (Å²) in [5.41, 5.74) is 2.11. The van der Waals surface area contributed by atoms with Crippen molar-refractivity contribution < 1.29 is 14.7 Å². The number of carbonyl (C=O) groups excluding carboxylic acids is 1. The third-order valence-corrected chi connectivity index (χ3v) is 5.21. The lowest BCUT2D eigenvalue weighted by Gasteiger charge is -2.32. The van der Waals surface area contributed by atoms with Crippen molar-refractivity contribution in [3.63, 3.8) is 0 Å². The van der Waals surface area contributed by atoms with E-state index in [1.807, 2.05) is 43.3 Å². The number of carboxylic acid groups (broad SMARTS) is 1. The minimum atomic E-state index is -0.855. The maximum atomic E-state index is 12.5. The second-order valence-corrected chi connectivity index (χ2v) is 7.61. The zero-order valence-corrected chi connectivity index (χ0v) is 16.7. The molecule has 1 atom stereocenters. The molecule has 0 bridgehead atoms. The third-order valence-electron chi connectivity index (χ3n) is 5.21. The molecular formula is C21H29N5O3. The second kappa shape index (κ2) is 9.95. The molecule has 0 saturated carbocycles. The molecule has 1 aromatic carbocycles. The maximum Gasteiger partial charge on any atom is 0.315 e. The molecule has 8 nitrogen and oxygen atoms in total. The molecule has 1 unspecified atom stereocenters. The number of rotatable bonds is 8. The number of aromatic nitrogens is 2. The van der Waals surface area contributed by atoms with E-state index in [1.54, 1.807) is 0 Å². The molecule has 8 heteroatoms. The Hall–Kier alpha value is -3.03. The van der Waals surface area contributed by atoms with Crippen LogP contribution >= 0.6 is 0 Å². The van der Waals surface area contributed by atoms with Gasteiger partial charge < -0.3 is 20.6 Å². The Labute approximate surface area is 170 Å². The number of hydrogen-bond donors (Lipinski definition) is 4. The van der Waals surface area contributed by atoms with Crippen molar-refractivity contribution in [2.24, 2.45) is 0 Å². The molecule has 0 spiro atoms. The molecule has 1 fully saturated rings. The monoisotopic (exact) mass is 399 g/mol. The fourth-order valence-corrected chi connectivity index (χ4v) is 3.65. The molecule has 1 aromatic heterocycles. The highest BCUT2D eigenvalue weighted by Gasteiger charge is 2.23. The summed E-state index contributed by atoms with van der Waals surface area (Å²) in [4.78, 5) is 25.7. The van der Waals surface area contributed by atoms with Gasteiger partial charge in [-0.15, -0.1) is 0 Å². The van der Waals surface area contributed by atoms with Crippen molar-refractivity contribution >= 4 is 17.8 Å². The van der Waals surface area contributed by atoms with Crippen LogP contribution in [0.4, 0.5) is 10.6 Å². The number of aromatic amines is 1. The van der Waals surface area contributed by atoms with Crippen LogP contribution in [0.1, 0.15) is 36.9 Å². The Morgan fingerprint density at radius 2 is 2.00 bits per heavy atom. The van der Waals surface area contributed by atoms with Gasteiger partial charge in [0.25, 0.3) is 0 Å². The van der Waals surface area contributed by atoms with Gasteiger partial charge in [-0.1, -0.05) is 30.3 Å². The molecular weight excluding hydrogens is 370 g/mol. The van der Waals surface area contributed by atoms with Crippen molar-refractivity contribution in [1.29, 1.82) is 0 Å². The summed E-state index contributed by atoms with van der Waals surface area (Å²) >= 11 is 0. The highest BCUT2D eigenvalue weighted by Crippen LogP contribution is 2.18. The maximum absolute atomic E-state index is 12.5. The number of carbonyl (C=O) groups is 2. The average Bonchev–Trinajstić information content (AvgIpc) is 3.14. The van der Waals surface area contributed by atoms with Gasteiger partial charge in [0.2, 0.25) is 0 Å². The molecule has 156 valence electrons. The number of nitrogens with zero attached hydrogens (tertiary/aromatic N) is 2. The van der Waals surface area contributed by atoms with Crippen LogP contribution in [0, 0.1) is 6.92 Å². The molecule has 1 saturated heterocycles. The molecule has 2 aromatic rings. The van der Waals surface area contributed by atoms with E-state index in [1.165, 1.54) is 0 Å². The molecule has 1 aliphatic rings. The van der Waals surface area contributed by atoms with Gasteiger partial charge in [-0.25, -0.2) is 4.79 Å². The Balaban J connectivity index is 1.48. The van der Waals surface area contributed by atoms with Crippen LogP contribution in [0.5, 0.6) is 0 Å². The first kappa shape index (κ1) is 20.7. The van der Waals surface area contributed by atoms with E-state index in [0.29, 0.717) is 12.8 Å². The van der Waals surface area contributed by atoms with Crippen molar-refractivity contribution in [2.45, 2.75) is 51.1 Å². The first-order valence-electron chi connectivity index (χ1n) is 10.1. The van der Waals surface area contributed by atoms with Crippen LogP contribution in [0.25, 0.3) is 0 Å². The van der Waals surface area contributed by atoms with Gasteiger partial charge in [-0.05, 0) is 38.2 Å². The number of nitrogens with one attached hydrogen (secondary N) is 3. The van der Waals surface area contributed by atoms with E-state index in [9.17, 15) is 9.59 Å². The molecule has 3 rings (SSSR count). The van der Waals surface area contributed by atoms with Crippen molar-refractivity contribution in [3.05, 3.63) is 47.7 Å². The van der Waals surface area contributed by atoms with E-state index in [-0.39, 0.29) is 24.5 Å². The number of anilines is 1. The van der Waals surface area contributed by atoms with E-state index < -0.39 is 5.97 Å². The Kier molecular flexibility index (Phi) is 7.10. The SMILES string of the molecule is Cc1cc(N2CCC(NC(=O)NC(CCC(=O)O)Cc3ccccc3)CC2)n[nH]1. The highest BCUT2D eigenvalue weighted by molar-refractivity contribution is 5.75. The van der Waals surface area contributed by atoms with Crippen LogP contribution in [-0.4, -0.2) is 52.5 Å². The predicted octanol–water partition coefficient (Wildman–Crippen LogP) is 2.46. The number of aryl methyl sites for hydroxylation is 1. The van der Waals surface area contributed by atoms with Gasteiger partial charge >= 0.3 is 12.0 Å². The van der Waals surface area contributed by atoms with E-state index in [0.717, 1.165) is 43.0 Å². The number of urea groups is 1. The standard InChI is InChI=1S/C21H29N5O3/c1-15-13-19(25-24-15)26-11-9-17(10-12-26)22-21(29)23-18(7-8-20(27)28)14-16-5-3-2-4-6-16/h2-6,13,17-18H,7-12,14H2,1H3,(H,24,25)(H,27,28)(H2,22,23,29). The second-order valence-electron chi connectivity index (χ2n) is 7.61. The fourth-order valence-electron chi connectivity index (χ4n) is 3.65. The number of carboxylic acids is 1. The molecule has 4 N–H and O–H groups in total. The van der Waals surface area contributed by atoms with Gasteiger partial charge in [0.05, 0.1) is 0 Å². The van der Waals surface area contributed by atoms with Gasteiger partial charge in [0.1, 0.15) is 0 Å². The summed E-state index contributed by atoms with van der Waals surface area (Å²) in [7, 11) is 0. The minimum Gasteiger partial charge on any atom is -0.481 e. The molecule has 2 amide bonds. The van der Waals surface area contributed by atoms with E-state index in [4.69, 9.17) is 5.11 Å². The van der Waals surface area contributed by atoms with Gasteiger partial charge in [0.15, 0.2) is 5.82 Å². The predicted molar refractivity (Wildman–Crippen MR) is 111 cm³/mol. The van der Waals surface area contributed by atoms with Gasteiger partial charge in [-0.3, -0.25) is 9.89 Å². The first-order chi connectivity index (χ1) is 14.0. The van der Waals surface area contributed by atoms with Crippen LogP contribution in [0.15, 0.2) is 36.4 Å². The number of amides is 2. The number of piperidine rings is 1. The lowest BCUT2D eigenvalue weighted by molar-refractivity contribution is -0.137. The van der Waals surface area contributed by atoms with Crippen molar-refractivity contribution in [1.82, 2.24) is 20.8 Å². The molecule has 1 aliphatic heterocycles.